The average Bonchev–Trinajstić information content (AvgIpc) is 2.47. The minimum atomic E-state index is -0.240. The van der Waals surface area contributed by atoms with Crippen molar-refractivity contribution in [2.24, 2.45) is 0 Å². The van der Waals surface area contributed by atoms with E-state index in [1.54, 1.807) is 30.0 Å². The normalized spacial score (nSPS) is 10.1. The van der Waals surface area contributed by atoms with Gasteiger partial charge in [-0.2, -0.15) is 0 Å². The standard InChI is InChI=1S/C15H16N2O2S/c1-19-14-10(6-5-7-11(14)16)15(18)17-12-8-3-4-9-13(12)20-2/h3-9H,16H2,1-2H3,(H,17,18). The molecule has 104 valence electrons. The van der Waals surface area contributed by atoms with E-state index in [4.69, 9.17) is 10.5 Å². The minimum Gasteiger partial charge on any atom is -0.494 e. The van der Waals surface area contributed by atoms with E-state index < -0.39 is 0 Å². The van der Waals surface area contributed by atoms with Gasteiger partial charge in [-0.25, -0.2) is 0 Å². The first-order valence-electron chi connectivity index (χ1n) is 6.04. The maximum atomic E-state index is 12.4. The highest BCUT2D eigenvalue weighted by atomic mass is 32.2. The third-order valence-electron chi connectivity index (χ3n) is 2.85. The van der Waals surface area contributed by atoms with Crippen LogP contribution in [-0.4, -0.2) is 19.3 Å². The van der Waals surface area contributed by atoms with Gasteiger partial charge in [-0.05, 0) is 30.5 Å². The first kappa shape index (κ1) is 14.3. The monoisotopic (exact) mass is 288 g/mol. The minimum absolute atomic E-state index is 0.240. The van der Waals surface area contributed by atoms with Gasteiger partial charge < -0.3 is 15.8 Å². The fourth-order valence-corrected chi connectivity index (χ4v) is 2.45. The van der Waals surface area contributed by atoms with E-state index in [1.165, 1.54) is 7.11 Å². The largest absolute Gasteiger partial charge is 0.494 e. The summed E-state index contributed by atoms with van der Waals surface area (Å²) in [6.45, 7) is 0. The van der Waals surface area contributed by atoms with Gasteiger partial charge in [0.15, 0.2) is 5.75 Å². The molecule has 0 aromatic heterocycles. The highest BCUT2D eigenvalue weighted by molar-refractivity contribution is 7.98. The predicted molar refractivity (Wildman–Crippen MR) is 83.6 cm³/mol. The van der Waals surface area contributed by atoms with Crippen LogP contribution in [0.15, 0.2) is 47.4 Å². The Hall–Kier alpha value is -2.14. The third-order valence-corrected chi connectivity index (χ3v) is 3.65. The van der Waals surface area contributed by atoms with Crippen LogP contribution in [0.1, 0.15) is 10.4 Å². The molecule has 0 saturated heterocycles. The maximum absolute atomic E-state index is 12.4. The highest BCUT2D eigenvalue weighted by Gasteiger charge is 2.15. The fourth-order valence-electron chi connectivity index (χ4n) is 1.90. The van der Waals surface area contributed by atoms with Gasteiger partial charge in [0.25, 0.3) is 5.91 Å². The summed E-state index contributed by atoms with van der Waals surface area (Å²) in [5.74, 6) is 0.155. The second kappa shape index (κ2) is 6.34. The number of hydrogen-bond donors (Lipinski definition) is 2. The Morgan fingerprint density at radius 3 is 2.65 bits per heavy atom. The number of nitrogen functional groups attached to an aromatic ring is 1. The van der Waals surface area contributed by atoms with Crippen molar-refractivity contribution < 1.29 is 9.53 Å². The molecule has 4 nitrogen and oxygen atoms in total. The zero-order chi connectivity index (χ0) is 14.5. The summed E-state index contributed by atoms with van der Waals surface area (Å²) in [5, 5.41) is 2.88. The van der Waals surface area contributed by atoms with Crippen molar-refractivity contribution in [1.82, 2.24) is 0 Å². The van der Waals surface area contributed by atoms with E-state index in [0.29, 0.717) is 17.0 Å². The van der Waals surface area contributed by atoms with Crippen molar-refractivity contribution in [2.45, 2.75) is 4.90 Å². The Balaban J connectivity index is 2.31. The molecule has 0 radical (unpaired) electrons. The van der Waals surface area contributed by atoms with Gasteiger partial charge in [0.2, 0.25) is 0 Å². The molecule has 0 aliphatic heterocycles. The maximum Gasteiger partial charge on any atom is 0.259 e. The number of nitrogens with two attached hydrogens (primary N) is 1. The van der Waals surface area contributed by atoms with Gasteiger partial charge in [0.1, 0.15) is 0 Å². The molecule has 0 aliphatic rings. The number of rotatable bonds is 4. The Bertz CT molecular complexity index is 629. The topological polar surface area (TPSA) is 64.3 Å². The van der Waals surface area contributed by atoms with Gasteiger partial charge in [0.05, 0.1) is 24.0 Å². The molecule has 2 aromatic rings. The summed E-state index contributed by atoms with van der Waals surface area (Å²) in [6, 6.07) is 12.7. The van der Waals surface area contributed by atoms with Crippen LogP contribution in [0.3, 0.4) is 0 Å². The van der Waals surface area contributed by atoms with E-state index in [-0.39, 0.29) is 5.91 Å². The number of thioether (sulfide) groups is 1. The second-order valence-electron chi connectivity index (χ2n) is 4.08. The Kier molecular flexibility index (Phi) is 4.53. The van der Waals surface area contributed by atoms with E-state index in [0.717, 1.165) is 10.6 Å². The number of para-hydroxylation sites is 2. The smallest absolute Gasteiger partial charge is 0.259 e. The molecular formula is C15H16N2O2S. The molecule has 5 heteroatoms. The second-order valence-corrected chi connectivity index (χ2v) is 4.93. The lowest BCUT2D eigenvalue weighted by atomic mass is 10.1. The van der Waals surface area contributed by atoms with Crippen LogP contribution in [-0.2, 0) is 0 Å². The molecule has 0 fully saturated rings. The lowest BCUT2D eigenvalue weighted by Gasteiger charge is -2.12. The van der Waals surface area contributed by atoms with E-state index in [2.05, 4.69) is 5.32 Å². The number of nitrogens with one attached hydrogen (secondary N) is 1. The van der Waals surface area contributed by atoms with E-state index >= 15 is 0 Å². The predicted octanol–water partition coefficient (Wildman–Crippen LogP) is 3.25. The van der Waals surface area contributed by atoms with Crippen molar-refractivity contribution >= 4 is 29.0 Å². The van der Waals surface area contributed by atoms with Gasteiger partial charge in [-0.3, -0.25) is 4.79 Å². The zero-order valence-electron chi connectivity index (χ0n) is 11.3. The number of hydrogen-bond acceptors (Lipinski definition) is 4. The summed E-state index contributed by atoms with van der Waals surface area (Å²) in [6.07, 6.45) is 1.96. The van der Waals surface area contributed by atoms with Crippen LogP contribution in [0.2, 0.25) is 0 Å². The van der Waals surface area contributed by atoms with Gasteiger partial charge in [-0.1, -0.05) is 18.2 Å². The summed E-state index contributed by atoms with van der Waals surface area (Å²) >= 11 is 1.58. The van der Waals surface area contributed by atoms with Gasteiger partial charge >= 0.3 is 0 Å². The summed E-state index contributed by atoms with van der Waals surface area (Å²) in [5.41, 5.74) is 7.45. The molecule has 3 N–H and O–H groups in total. The van der Waals surface area contributed by atoms with Gasteiger partial charge in [0, 0.05) is 4.90 Å². The van der Waals surface area contributed by atoms with Crippen molar-refractivity contribution in [3.63, 3.8) is 0 Å². The Morgan fingerprint density at radius 2 is 1.95 bits per heavy atom. The number of anilines is 2. The number of benzene rings is 2. The zero-order valence-corrected chi connectivity index (χ0v) is 12.2. The molecule has 0 unspecified atom stereocenters. The highest BCUT2D eigenvalue weighted by Crippen LogP contribution is 2.29. The van der Waals surface area contributed by atoms with Crippen molar-refractivity contribution in [1.29, 1.82) is 0 Å². The van der Waals surface area contributed by atoms with Gasteiger partial charge in [-0.15, -0.1) is 11.8 Å². The molecular weight excluding hydrogens is 272 g/mol. The van der Waals surface area contributed by atoms with Crippen LogP contribution < -0.4 is 15.8 Å². The van der Waals surface area contributed by atoms with Crippen LogP contribution in [0.5, 0.6) is 5.75 Å². The van der Waals surface area contributed by atoms with Crippen molar-refractivity contribution in [2.75, 3.05) is 24.4 Å². The Labute approximate surface area is 122 Å². The summed E-state index contributed by atoms with van der Waals surface area (Å²) < 4.78 is 5.20. The number of ether oxygens (including phenoxy) is 1. The molecule has 0 aliphatic carbocycles. The Morgan fingerprint density at radius 1 is 1.20 bits per heavy atom. The lowest BCUT2D eigenvalue weighted by Crippen LogP contribution is -2.14. The van der Waals surface area contributed by atoms with E-state index in [1.807, 2.05) is 30.5 Å². The molecule has 0 bridgehead atoms. The average molecular weight is 288 g/mol. The molecule has 20 heavy (non-hydrogen) atoms. The SMILES string of the molecule is COc1c(N)cccc1C(=O)Nc1ccccc1SC. The molecule has 0 heterocycles. The molecule has 2 rings (SSSR count). The fraction of sp³-hybridized carbons (Fsp3) is 0.133. The van der Waals surface area contributed by atoms with Crippen molar-refractivity contribution in [3.05, 3.63) is 48.0 Å². The lowest BCUT2D eigenvalue weighted by molar-refractivity contribution is 0.102. The molecule has 2 aromatic carbocycles. The summed E-state index contributed by atoms with van der Waals surface area (Å²) in [4.78, 5) is 13.4. The quantitative estimate of drug-likeness (QED) is 0.669. The number of carbonyl (C=O) groups is 1. The van der Waals surface area contributed by atoms with Crippen LogP contribution in [0.25, 0.3) is 0 Å². The molecule has 0 spiro atoms. The number of carbonyl (C=O) groups excluding carboxylic acids is 1. The van der Waals surface area contributed by atoms with Crippen molar-refractivity contribution in [3.8, 4) is 5.75 Å². The number of methoxy groups -OCH3 is 1. The molecule has 0 atom stereocenters. The van der Waals surface area contributed by atoms with Crippen LogP contribution in [0.4, 0.5) is 11.4 Å². The summed E-state index contributed by atoms with van der Waals surface area (Å²) in [7, 11) is 1.50. The first-order chi connectivity index (χ1) is 9.67. The molecule has 1 amide bonds. The molecule has 0 saturated carbocycles. The van der Waals surface area contributed by atoms with E-state index in [9.17, 15) is 4.79 Å². The van der Waals surface area contributed by atoms with Crippen LogP contribution >= 0.6 is 11.8 Å². The first-order valence-corrected chi connectivity index (χ1v) is 7.26. The third kappa shape index (κ3) is 2.88. The number of amides is 1. The van der Waals surface area contributed by atoms with Crippen LogP contribution in [0, 0.1) is 0 Å².